The van der Waals surface area contributed by atoms with Crippen molar-refractivity contribution in [1.82, 2.24) is 19.0 Å². The number of hydrogen-bond acceptors (Lipinski definition) is 6. The molecule has 1 aliphatic carbocycles. The fourth-order valence-corrected chi connectivity index (χ4v) is 5.79. The minimum Gasteiger partial charge on any atom is -0.379 e. The minimum atomic E-state index is -0.618. The van der Waals surface area contributed by atoms with E-state index in [9.17, 15) is 14.0 Å². The molecule has 2 aromatic heterocycles. The van der Waals surface area contributed by atoms with Gasteiger partial charge in [-0.3, -0.25) is 14.3 Å². The van der Waals surface area contributed by atoms with Crippen LogP contribution in [0.3, 0.4) is 0 Å². The van der Waals surface area contributed by atoms with E-state index in [-0.39, 0.29) is 23.1 Å². The van der Waals surface area contributed by atoms with Crippen LogP contribution in [0.5, 0.6) is 0 Å². The Morgan fingerprint density at radius 3 is 2.44 bits per heavy atom. The van der Waals surface area contributed by atoms with Gasteiger partial charge in [-0.2, -0.15) is 0 Å². The van der Waals surface area contributed by atoms with Crippen LogP contribution in [0.2, 0.25) is 0 Å². The van der Waals surface area contributed by atoms with E-state index in [0.29, 0.717) is 18.5 Å². The average Bonchev–Trinajstić information content (AvgIpc) is 2.95. The first-order valence-electron chi connectivity index (χ1n) is 13.6. The number of aromatic nitrogens is 3. The third kappa shape index (κ3) is 5.17. The molecule has 4 aromatic rings. The molecule has 1 saturated carbocycles. The van der Waals surface area contributed by atoms with Gasteiger partial charge in [0.2, 0.25) is 0 Å². The molecule has 2 fully saturated rings. The highest BCUT2D eigenvalue weighted by Crippen LogP contribution is 2.28. The number of benzene rings is 2. The van der Waals surface area contributed by atoms with Gasteiger partial charge in [-0.15, -0.1) is 0 Å². The number of morpholine rings is 1. The van der Waals surface area contributed by atoms with Crippen molar-refractivity contribution in [3.05, 3.63) is 93.0 Å². The maximum atomic E-state index is 14.2. The number of nitrogens with zero attached hydrogens (tertiary/aromatic N) is 4. The lowest BCUT2D eigenvalue weighted by Gasteiger charge is -2.28. The molecule has 202 valence electrons. The minimum absolute atomic E-state index is 0.0643. The Hall–Kier alpha value is -3.66. The summed E-state index contributed by atoms with van der Waals surface area (Å²) in [6, 6.07) is 16.9. The molecule has 0 radical (unpaired) electrons. The van der Waals surface area contributed by atoms with Gasteiger partial charge >= 0.3 is 5.69 Å². The molecule has 2 N–H and O–H groups in total. The highest BCUT2D eigenvalue weighted by atomic mass is 19.1. The van der Waals surface area contributed by atoms with Crippen molar-refractivity contribution in [3.8, 4) is 16.8 Å². The molecule has 0 amide bonds. The number of halogens is 1. The van der Waals surface area contributed by atoms with E-state index in [4.69, 9.17) is 10.5 Å². The van der Waals surface area contributed by atoms with Gasteiger partial charge in [-0.1, -0.05) is 30.3 Å². The quantitative estimate of drug-likeness (QED) is 0.424. The third-order valence-corrected chi connectivity index (χ3v) is 7.87. The van der Waals surface area contributed by atoms with Gasteiger partial charge in [0.25, 0.3) is 5.56 Å². The average molecular weight is 530 g/mol. The van der Waals surface area contributed by atoms with Crippen LogP contribution in [0.25, 0.3) is 27.8 Å². The Morgan fingerprint density at radius 2 is 1.67 bits per heavy atom. The molecule has 3 heterocycles. The van der Waals surface area contributed by atoms with E-state index in [0.717, 1.165) is 63.0 Å². The molecular formula is C30H32FN5O3. The monoisotopic (exact) mass is 529 g/mol. The molecular weight excluding hydrogens is 497 g/mol. The highest BCUT2D eigenvalue weighted by Gasteiger charge is 2.26. The van der Waals surface area contributed by atoms with E-state index in [1.165, 1.54) is 20.8 Å². The number of rotatable bonds is 5. The van der Waals surface area contributed by atoms with E-state index in [1.807, 2.05) is 36.4 Å². The Kier molecular flexibility index (Phi) is 7.12. The maximum absolute atomic E-state index is 14.2. The molecule has 2 aliphatic rings. The Labute approximate surface area is 225 Å². The zero-order valence-corrected chi connectivity index (χ0v) is 21.8. The predicted octanol–water partition coefficient (Wildman–Crippen LogP) is 3.63. The van der Waals surface area contributed by atoms with Crippen LogP contribution >= 0.6 is 0 Å². The van der Waals surface area contributed by atoms with Gasteiger partial charge in [0.15, 0.2) is 5.65 Å². The zero-order chi connectivity index (χ0) is 26.9. The largest absolute Gasteiger partial charge is 0.379 e. The zero-order valence-electron chi connectivity index (χ0n) is 21.8. The molecule has 39 heavy (non-hydrogen) atoms. The molecule has 9 heteroatoms. The summed E-state index contributed by atoms with van der Waals surface area (Å²) in [5.74, 6) is -0.618. The van der Waals surface area contributed by atoms with Crippen molar-refractivity contribution in [3.63, 3.8) is 0 Å². The van der Waals surface area contributed by atoms with Crippen molar-refractivity contribution in [2.75, 3.05) is 26.3 Å². The van der Waals surface area contributed by atoms with Crippen LogP contribution in [-0.2, 0) is 11.3 Å². The van der Waals surface area contributed by atoms with Gasteiger partial charge in [-0.05, 0) is 66.6 Å². The van der Waals surface area contributed by atoms with Gasteiger partial charge in [0, 0.05) is 31.7 Å². The summed E-state index contributed by atoms with van der Waals surface area (Å²) in [4.78, 5) is 34.0. The van der Waals surface area contributed by atoms with Crippen molar-refractivity contribution in [1.29, 1.82) is 0 Å². The highest BCUT2D eigenvalue weighted by molar-refractivity contribution is 5.76. The van der Waals surface area contributed by atoms with E-state index in [1.54, 1.807) is 0 Å². The Morgan fingerprint density at radius 1 is 0.949 bits per heavy atom. The molecule has 1 saturated heterocycles. The summed E-state index contributed by atoms with van der Waals surface area (Å²) in [6.07, 6.45) is 3.75. The molecule has 2 aromatic carbocycles. The molecule has 0 spiro atoms. The summed E-state index contributed by atoms with van der Waals surface area (Å²) in [5.41, 5.74) is 8.97. The van der Waals surface area contributed by atoms with Gasteiger partial charge in [0.05, 0.1) is 30.5 Å². The number of pyridine rings is 1. The molecule has 1 aliphatic heterocycles. The standard InChI is InChI=1S/C30H32FN5O3/c31-23-17-27-28(33-18-23)35(30(38)36(29(27)37)25-9-7-24(32)8-10-25)26-6-2-5-22(16-26)21-4-1-3-20(15-21)19-34-11-13-39-14-12-34/h1-6,15-18,24-25H,7-14,19,32H2/t24-,25+. The Bertz CT molecular complexity index is 1620. The summed E-state index contributed by atoms with van der Waals surface area (Å²) in [5, 5.41) is 0.0855. The summed E-state index contributed by atoms with van der Waals surface area (Å²) in [6.45, 7) is 4.15. The molecule has 0 bridgehead atoms. The SMILES string of the molecule is N[C@H]1CC[C@@H](n2c(=O)c3cc(F)cnc3n(-c3cccc(-c4cccc(CN5CCOCC5)c4)c3)c2=O)CC1. The molecule has 0 atom stereocenters. The van der Waals surface area contributed by atoms with Crippen molar-refractivity contribution in [2.45, 2.75) is 44.3 Å². The number of fused-ring (bicyclic) bond motifs is 1. The molecule has 0 unspecified atom stereocenters. The number of ether oxygens (including phenoxy) is 1. The fraction of sp³-hybridized carbons (Fsp3) is 0.367. The first-order valence-corrected chi connectivity index (χ1v) is 13.6. The van der Waals surface area contributed by atoms with Crippen LogP contribution < -0.4 is 17.0 Å². The van der Waals surface area contributed by atoms with E-state index in [2.05, 4.69) is 22.0 Å². The lowest BCUT2D eigenvalue weighted by atomic mass is 9.91. The lowest BCUT2D eigenvalue weighted by Crippen LogP contribution is -2.44. The first kappa shape index (κ1) is 25.6. The van der Waals surface area contributed by atoms with Gasteiger partial charge in [-0.25, -0.2) is 18.7 Å². The van der Waals surface area contributed by atoms with Crippen LogP contribution in [-0.4, -0.2) is 51.4 Å². The topological polar surface area (TPSA) is 95.4 Å². The summed E-state index contributed by atoms with van der Waals surface area (Å²) in [7, 11) is 0. The molecule has 6 rings (SSSR count). The lowest BCUT2D eigenvalue weighted by molar-refractivity contribution is 0.0342. The number of hydrogen-bond donors (Lipinski definition) is 1. The first-order chi connectivity index (χ1) is 19.0. The Balaban J connectivity index is 1.44. The summed E-state index contributed by atoms with van der Waals surface area (Å²) >= 11 is 0. The van der Waals surface area contributed by atoms with Crippen LogP contribution in [0.1, 0.15) is 37.3 Å². The van der Waals surface area contributed by atoms with Gasteiger partial charge in [0.1, 0.15) is 5.82 Å². The number of nitrogens with two attached hydrogens (primary N) is 1. The van der Waals surface area contributed by atoms with Crippen LogP contribution in [0.15, 0.2) is 70.4 Å². The van der Waals surface area contributed by atoms with Gasteiger partial charge < -0.3 is 10.5 Å². The fourth-order valence-electron chi connectivity index (χ4n) is 5.79. The second kappa shape index (κ2) is 10.8. The van der Waals surface area contributed by atoms with Crippen LogP contribution in [0, 0.1) is 5.82 Å². The smallest absolute Gasteiger partial charge is 0.337 e. The van der Waals surface area contributed by atoms with Crippen molar-refractivity contribution >= 4 is 11.0 Å². The maximum Gasteiger partial charge on any atom is 0.337 e. The normalized spacial score (nSPS) is 20.4. The van der Waals surface area contributed by atoms with Crippen molar-refractivity contribution in [2.24, 2.45) is 5.73 Å². The second-order valence-corrected chi connectivity index (χ2v) is 10.5. The molecule has 8 nitrogen and oxygen atoms in total. The predicted molar refractivity (Wildman–Crippen MR) is 149 cm³/mol. The van der Waals surface area contributed by atoms with E-state index < -0.39 is 17.1 Å². The van der Waals surface area contributed by atoms with Crippen LogP contribution in [0.4, 0.5) is 4.39 Å². The summed E-state index contributed by atoms with van der Waals surface area (Å²) < 4.78 is 22.4. The third-order valence-electron chi connectivity index (χ3n) is 7.87. The van der Waals surface area contributed by atoms with E-state index >= 15 is 0 Å². The van der Waals surface area contributed by atoms with Crippen molar-refractivity contribution < 1.29 is 9.13 Å². The second-order valence-electron chi connectivity index (χ2n) is 10.5.